The second-order valence-corrected chi connectivity index (χ2v) is 4.29. The highest BCUT2D eigenvalue weighted by Crippen LogP contribution is 2.34. The van der Waals surface area contributed by atoms with Crippen LogP contribution in [0.1, 0.15) is 13.3 Å². The first-order chi connectivity index (χ1) is 7.99. The number of rotatable bonds is 5. The van der Waals surface area contributed by atoms with Crippen LogP contribution in [0.2, 0.25) is 10.0 Å². The van der Waals surface area contributed by atoms with Crippen LogP contribution in [-0.2, 0) is 0 Å². The zero-order valence-corrected chi connectivity index (χ0v) is 10.6. The fourth-order valence-corrected chi connectivity index (χ4v) is 1.62. The van der Waals surface area contributed by atoms with Crippen LogP contribution >= 0.6 is 23.2 Å². The number of halogens is 2. The molecule has 0 saturated carbocycles. The summed E-state index contributed by atoms with van der Waals surface area (Å²) in [6.45, 7) is 1.74. The Morgan fingerprint density at radius 2 is 2.06 bits per heavy atom. The van der Waals surface area contributed by atoms with E-state index >= 15 is 0 Å². The Balaban J connectivity index is 3.12. The predicted molar refractivity (Wildman–Crippen MR) is 67.9 cm³/mol. The molecule has 0 aliphatic heterocycles. The maximum atomic E-state index is 10.8. The summed E-state index contributed by atoms with van der Waals surface area (Å²) in [5.74, 6) is 0. The van der Waals surface area contributed by atoms with E-state index in [1.807, 2.05) is 6.92 Å². The van der Waals surface area contributed by atoms with Gasteiger partial charge in [-0.2, -0.15) is 0 Å². The third-order valence-electron chi connectivity index (χ3n) is 2.31. The molecule has 0 aliphatic rings. The molecule has 0 fully saturated rings. The Morgan fingerprint density at radius 3 is 2.53 bits per heavy atom. The molecule has 0 saturated heterocycles. The number of benzene rings is 1. The van der Waals surface area contributed by atoms with Gasteiger partial charge < -0.3 is 10.4 Å². The highest BCUT2D eigenvalue weighted by molar-refractivity contribution is 6.42. The minimum Gasteiger partial charge on any atom is -0.394 e. The van der Waals surface area contributed by atoms with E-state index in [0.29, 0.717) is 6.42 Å². The Morgan fingerprint density at radius 1 is 1.47 bits per heavy atom. The molecule has 0 amide bonds. The zero-order chi connectivity index (χ0) is 13.0. The summed E-state index contributed by atoms with van der Waals surface area (Å²) in [5.41, 5.74) is 0.0941. The second-order valence-electron chi connectivity index (χ2n) is 3.47. The van der Waals surface area contributed by atoms with Crippen LogP contribution in [0.3, 0.4) is 0 Å². The van der Waals surface area contributed by atoms with Crippen LogP contribution in [0.5, 0.6) is 0 Å². The lowest BCUT2D eigenvalue weighted by Gasteiger charge is -2.15. The maximum Gasteiger partial charge on any atom is 0.293 e. The van der Waals surface area contributed by atoms with E-state index in [0.717, 1.165) is 0 Å². The van der Waals surface area contributed by atoms with Gasteiger partial charge in [0.05, 0.1) is 21.6 Å². The van der Waals surface area contributed by atoms with Gasteiger partial charge in [-0.25, -0.2) is 0 Å². The lowest BCUT2D eigenvalue weighted by molar-refractivity contribution is -0.384. The standard InChI is InChI=1S/C10H12Cl2N2O3/c1-2-6(5-15)13-9-3-7(11)8(12)4-10(9)14(16)17/h3-4,6,13,15H,2,5H2,1H3. The first-order valence-corrected chi connectivity index (χ1v) is 5.76. The third kappa shape index (κ3) is 3.46. The van der Waals surface area contributed by atoms with Crippen molar-refractivity contribution in [2.75, 3.05) is 11.9 Å². The first kappa shape index (κ1) is 14.0. The number of nitrogens with one attached hydrogen (secondary N) is 1. The van der Waals surface area contributed by atoms with Gasteiger partial charge in [0, 0.05) is 12.1 Å². The van der Waals surface area contributed by atoms with Gasteiger partial charge in [-0.05, 0) is 12.5 Å². The largest absolute Gasteiger partial charge is 0.394 e. The summed E-state index contributed by atoms with van der Waals surface area (Å²) in [5, 5.41) is 23.1. The topological polar surface area (TPSA) is 75.4 Å². The molecule has 5 nitrogen and oxygen atoms in total. The molecule has 7 heteroatoms. The average molecular weight is 279 g/mol. The van der Waals surface area contributed by atoms with Gasteiger partial charge in [-0.3, -0.25) is 10.1 Å². The maximum absolute atomic E-state index is 10.8. The number of nitrogens with zero attached hydrogens (tertiary/aromatic N) is 1. The van der Waals surface area contributed by atoms with Crippen molar-refractivity contribution in [3.8, 4) is 0 Å². The monoisotopic (exact) mass is 278 g/mol. The van der Waals surface area contributed by atoms with Gasteiger partial charge in [0.15, 0.2) is 0 Å². The summed E-state index contributed by atoms with van der Waals surface area (Å²) in [7, 11) is 0. The number of nitro benzene ring substituents is 1. The van der Waals surface area contributed by atoms with Crippen LogP contribution in [0.4, 0.5) is 11.4 Å². The van der Waals surface area contributed by atoms with Crippen molar-refractivity contribution >= 4 is 34.6 Å². The second kappa shape index (κ2) is 6.05. The molecule has 0 aromatic heterocycles. The van der Waals surface area contributed by atoms with Crippen LogP contribution in [0.15, 0.2) is 12.1 Å². The van der Waals surface area contributed by atoms with Gasteiger partial charge in [0.2, 0.25) is 0 Å². The third-order valence-corrected chi connectivity index (χ3v) is 3.03. The first-order valence-electron chi connectivity index (χ1n) is 5.00. The molecule has 0 radical (unpaired) electrons. The molecule has 1 unspecified atom stereocenters. The lowest BCUT2D eigenvalue weighted by Crippen LogP contribution is -2.23. The van der Waals surface area contributed by atoms with Gasteiger partial charge >= 0.3 is 0 Å². The highest BCUT2D eigenvalue weighted by Gasteiger charge is 2.18. The molecule has 1 rings (SSSR count). The fraction of sp³-hybridized carbons (Fsp3) is 0.400. The van der Waals surface area contributed by atoms with Crippen LogP contribution in [0.25, 0.3) is 0 Å². The smallest absolute Gasteiger partial charge is 0.293 e. The Labute approximate surface area is 108 Å². The van der Waals surface area contributed by atoms with Gasteiger partial charge in [-0.15, -0.1) is 0 Å². The Hall–Kier alpha value is -1.04. The predicted octanol–water partition coefficient (Wildman–Crippen LogP) is 3.08. The molecule has 1 aromatic carbocycles. The Kier molecular flexibility index (Phi) is 4.99. The number of hydrogen-bond acceptors (Lipinski definition) is 4. The molecule has 0 aliphatic carbocycles. The number of aliphatic hydroxyl groups is 1. The number of nitro groups is 1. The highest BCUT2D eigenvalue weighted by atomic mass is 35.5. The average Bonchev–Trinajstić information content (AvgIpc) is 2.29. The van der Waals surface area contributed by atoms with Crippen molar-refractivity contribution in [1.82, 2.24) is 0 Å². The number of hydrogen-bond donors (Lipinski definition) is 2. The minimum absolute atomic E-state index is 0.117. The van der Waals surface area contributed by atoms with Crippen LogP contribution in [0, 0.1) is 10.1 Å². The number of anilines is 1. The summed E-state index contributed by atoms with van der Waals surface area (Å²) in [6.07, 6.45) is 0.633. The van der Waals surface area contributed by atoms with Crippen molar-refractivity contribution in [3.05, 3.63) is 32.3 Å². The van der Waals surface area contributed by atoms with Crippen molar-refractivity contribution in [2.24, 2.45) is 0 Å². The zero-order valence-electron chi connectivity index (χ0n) is 9.11. The Bertz CT molecular complexity index is 422. The molecule has 2 N–H and O–H groups in total. The molecule has 94 valence electrons. The molecular formula is C10H12Cl2N2O3. The molecule has 0 bridgehead atoms. The normalized spacial score (nSPS) is 12.2. The molecular weight excluding hydrogens is 267 g/mol. The van der Waals surface area contributed by atoms with E-state index in [9.17, 15) is 10.1 Å². The van der Waals surface area contributed by atoms with Crippen LogP contribution in [-0.4, -0.2) is 22.7 Å². The van der Waals surface area contributed by atoms with E-state index in [2.05, 4.69) is 5.32 Å². The molecule has 1 aromatic rings. The molecule has 0 spiro atoms. The van der Waals surface area contributed by atoms with E-state index in [-0.39, 0.29) is 34.1 Å². The SMILES string of the molecule is CCC(CO)Nc1cc(Cl)c(Cl)cc1[N+](=O)[O-]. The summed E-state index contributed by atoms with van der Waals surface area (Å²) < 4.78 is 0. The van der Waals surface area contributed by atoms with E-state index in [1.165, 1.54) is 12.1 Å². The summed E-state index contributed by atoms with van der Waals surface area (Å²) in [4.78, 5) is 10.3. The lowest BCUT2D eigenvalue weighted by atomic mass is 10.2. The van der Waals surface area contributed by atoms with E-state index in [4.69, 9.17) is 28.3 Å². The molecule has 17 heavy (non-hydrogen) atoms. The van der Waals surface area contributed by atoms with E-state index < -0.39 is 4.92 Å². The minimum atomic E-state index is -0.547. The van der Waals surface area contributed by atoms with Crippen molar-refractivity contribution in [2.45, 2.75) is 19.4 Å². The number of aliphatic hydroxyl groups excluding tert-OH is 1. The summed E-state index contributed by atoms with van der Waals surface area (Å²) in [6, 6.07) is 2.32. The van der Waals surface area contributed by atoms with Gasteiger partial charge in [-0.1, -0.05) is 30.1 Å². The van der Waals surface area contributed by atoms with Gasteiger partial charge in [0.25, 0.3) is 5.69 Å². The van der Waals surface area contributed by atoms with Crippen molar-refractivity contribution in [1.29, 1.82) is 0 Å². The van der Waals surface area contributed by atoms with Gasteiger partial charge in [0.1, 0.15) is 5.69 Å². The van der Waals surface area contributed by atoms with Crippen molar-refractivity contribution < 1.29 is 10.0 Å². The fourth-order valence-electron chi connectivity index (χ4n) is 1.30. The summed E-state index contributed by atoms with van der Waals surface area (Å²) >= 11 is 11.5. The van der Waals surface area contributed by atoms with Crippen molar-refractivity contribution in [3.63, 3.8) is 0 Å². The molecule has 1 atom stereocenters. The quantitative estimate of drug-likeness (QED) is 0.641. The molecule has 0 heterocycles. The van der Waals surface area contributed by atoms with Crippen LogP contribution < -0.4 is 5.32 Å². The van der Waals surface area contributed by atoms with E-state index in [1.54, 1.807) is 0 Å².